The van der Waals surface area contributed by atoms with Crippen LogP contribution in [0.3, 0.4) is 0 Å². The molecule has 0 aliphatic rings. The van der Waals surface area contributed by atoms with Gasteiger partial charge in [0, 0.05) is 11.6 Å². The number of esters is 1. The van der Waals surface area contributed by atoms with E-state index in [4.69, 9.17) is 9.47 Å². The number of benzene rings is 2. The van der Waals surface area contributed by atoms with Crippen molar-refractivity contribution < 1.29 is 19.1 Å². The molecular formula is C26H32O4. The minimum absolute atomic E-state index is 0.403. The molecule has 4 nitrogen and oxygen atoms in total. The van der Waals surface area contributed by atoms with E-state index >= 15 is 0 Å². The first-order valence-electron chi connectivity index (χ1n) is 10.9. The van der Waals surface area contributed by atoms with Crippen molar-refractivity contribution in [1.82, 2.24) is 0 Å². The lowest BCUT2D eigenvalue weighted by atomic mass is 10.1. The van der Waals surface area contributed by atoms with Crippen LogP contribution in [0.15, 0.2) is 54.6 Å². The molecule has 0 saturated heterocycles. The number of carbonyl (C=O) groups excluding carboxylic acids is 2. The van der Waals surface area contributed by atoms with E-state index in [1.165, 1.54) is 51.0 Å². The van der Waals surface area contributed by atoms with Crippen LogP contribution >= 0.6 is 0 Å². The van der Waals surface area contributed by atoms with E-state index in [1.807, 2.05) is 24.3 Å². The van der Waals surface area contributed by atoms with Crippen LogP contribution in [0.1, 0.15) is 74.2 Å². The molecule has 0 atom stereocenters. The Balaban J connectivity index is 1.64. The maximum Gasteiger partial charge on any atom is 0.336 e. The molecule has 0 amide bonds. The Morgan fingerprint density at radius 2 is 1.33 bits per heavy atom. The van der Waals surface area contributed by atoms with Crippen molar-refractivity contribution in [3.05, 3.63) is 65.7 Å². The molecule has 2 aromatic rings. The van der Waals surface area contributed by atoms with Crippen LogP contribution in [0.2, 0.25) is 0 Å². The van der Waals surface area contributed by atoms with Crippen LogP contribution < -0.4 is 9.47 Å². The molecule has 2 aromatic carbocycles. The third kappa shape index (κ3) is 9.55. The van der Waals surface area contributed by atoms with Gasteiger partial charge in [0.15, 0.2) is 0 Å². The lowest BCUT2D eigenvalue weighted by molar-refractivity contribution is -0.128. The average molecular weight is 409 g/mol. The van der Waals surface area contributed by atoms with Crippen molar-refractivity contribution in [2.45, 2.75) is 58.3 Å². The number of aldehydes is 1. The summed E-state index contributed by atoms with van der Waals surface area (Å²) in [6.07, 6.45) is 14.1. The summed E-state index contributed by atoms with van der Waals surface area (Å²) in [4.78, 5) is 22.5. The van der Waals surface area contributed by atoms with Gasteiger partial charge < -0.3 is 9.47 Å². The summed E-state index contributed by atoms with van der Waals surface area (Å²) in [6.45, 7) is 2.98. The molecule has 0 unspecified atom stereocenters. The van der Waals surface area contributed by atoms with Crippen molar-refractivity contribution in [2.24, 2.45) is 0 Å². The molecule has 0 aromatic heterocycles. The zero-order valence-electron chi connectivity index (χ0n) is 17.8. The summed E-state index contributed by atoms with van der Waals surface area (Å²) < 4.78 is 11.0. The molecule has 0 heterocycles. The molecule has 0 aliphatic heterocycles. The monoisotopic (exact) mass is 408 g/mol. The topological polar surface area (TPSA) is 52.6 Å². The summed E-state index contributed by atoms with van der Waals surface area (Å²) in [6, 6.07) is 14.0. The maximum absolute atomic E-state index is 11.9. The Morgan fingerprint density at radius 3 is 1.97 bits per heavy atom. The summed E-state index contributed by atoms with van der Waals surface area (Å²) >= 11 is 0. The number of unbranched alkanes of at least 4 members (excludes halogenated alkanes) is 7. The van der Waals surface area contributed by atoms with E-state index in [1.54, 1.807) is 30.3 Å². The summed E-state index contributed by atoms with van der Waals surface area (Å²) in [5.41, 5.74) is 1.43. The Morgan fingerprint density at radius 1 is 0.767 bits per heavy atom. The van der Waals surface area contributed by atoms with Crippen molar-refractivity contribution in [1.29, 1.82) is 0 Å². The van der Waals surface area contributed by atoms with Gasteiger partial charge in [-0.15, -0.1) is 0 Å². The summed E-state index contributed by atoms with van der Waals surface area (Å²) in [5, 5.41) is 0. The standard InChI is InChI=1S/C26H32O4/c1-2-3-4-5-6-7-8-9-20-29-24-15-10-22(11-16-24)14-19-26(28)30-25-17-12-23(21-27)13-18-25/h10-19,21H,2-9,20H2,1H3/b19-14+. The molecule has 30 heavy (non-hydrogen) atoms. The molecule has 0 fully saturated rings. The number of hydrogen-bond donors (Lipinski definition) is 0. The third-order valence-electron chi connectivity index (χ3n) is 4.79. The highest BCUT2D eigenvalue weighted by atomic mass is 16.5. The quantitative estimate of drug-likeness (QED) is 0.116. The minimum atomic E-state index is -0.469. The van der Waals surface area contributed by atoms with Gasteiger partial charge in [-0.25, -0.2) is 4.79 Å². The second-order valence-corrected chi connectivity index (χ2v) is 7.33. The SMILES string of the molecule is CCCCCCCCCCOc1ccc(/C=C/C(=O)Oc2ccc(C=O)cc2)cc1. The van der Waals surface area contributed by atoms with Crippen LogP contribution in [0, 0.1) is 0 Å². The average Bonchev–Trinajstić information content (AvgIpc) is 2.78. The minimum Gasteiger partial charge on any atom is -0.494 e. The van der Waals surface area contributed by atoms with Crippen molar-refractivity contribution >= 4 is 18.3 Å². The molecular weight excluding hydrogens is 376 g/mol. The predicted octanol–water partition coefficient (Wildman–Crippen LogP) is 6.64. The summed E-state index contributed by atoms with van der Waals surface area (Å²) in [5.74, 6) is 0.775. The molecule has 0 radical (unpaired) electrons. The Hall–Kier alpha value is -2.88. The van der Waals surface area contributed by atoms with Crippen LogP contribution in [0.5, 0.6) is 11.5 Å². The Labute approximate surface area is 179 Å². The molecule has 0 N–H and O–H groups in total. The number of hydrogen-bond acceptors (Lipinski definition) is 4. The van der Waals surface area contributed by atoms with Gasteiger partial charge in [-0.2, -0.15) is 0 Å². The smallest absolute Gasteiger partial charge is 0.336 e. The van der Waals surface area contributed by atoms with E-state index < -0.39 is 5.97 Å². The largest absolute Gasteiger partial charge is 0.494 e. The van der Waals surface area contributed by atoms with E-state index in [0.717, 1.165) is 30.6 Å². The number of ether oxygens (including phenoxy) is 2. The first-order valence-corrected chi connectivity index (χ1v) is 10.9. The van der Waals surface area contributed by atoms with Gasteiger partial charge in [0.05, 0.1) is 6.61 Å². The van der Waals surface area contributed by atoms with Crippen molar-refractivity contribution in [2.75, 3.05) is 6.61 Å². The zero-order valence-corrected chi connectivity index (χ0v) is 17.8. The Kier molecular flexibility index (Phi) is 11.0. The van der Waals surface area contributed by atoms with E-state index in [2.05, 4.69) is 6.92 Å². The molecule has 160 valence electrons. The number of carbonyl (C=O) groups is 2. The molecule has 0 bridgehead atoms. The van der Waals surface area contributed by atoms with Crippen LogP contribution in [0.25, 0.3) is 6.08 Å². The predicted molar refractivity (Wildman–Crippen MR) is 121 cm³/mol. The first-order chi connectivity index (χ1) is 14.7. The maximum atomic E-state index is 11.9. The molecule has 0 saturated carbocycles. The van der Waals surface area contributed by atoms with Gasteiger partial charge in [0.25, 0.3) is 0 Å². The normalized spacial score (nSPS) is 10.8. The van der Waals surface area contributed by atoms with Gasteiger partial charge in [0.2, 0.25) is 0 Å². The second-order valence-electron chi connectivity index (χ2n) is 7.33. The van der Waals surface area contributed by atoms with Crippen molar-refractivity contribution in [3.8, 4) is 11.5 Å². The molecule has 0 spiro atoms. The zero-order chi connectivity index (χ0) is 21.4. The molecule has 4 heteroatoms. The third-order valence-corrected chi connectivity index (χ3v) is 4.79. The first kappa shape index (κ1) is 23.4. The second kappa shape index (κ2) is 14.2. The van der Waals surface area contributed by atoms with E-state index in [0.29, 0.717) is 11.3 Å². The fourth-order valence-electron chi connectivity index (χ4n) is 3.03. The highest BCUT2D eigenvalue weighted by molar-refractivity contribution is 5.88. The molecule has 2 rings (SSSR count). The van der Waals surface area contributed by atoms with E-state index in [-0.39, 0.29) is 0 Å². The van der Waals surface area contributed by atoms with Crippen LogP contribution in [-0.4, -0.2) is 18.9 Å². The van der Waals surface area contributed by atoms with Crippen LogP contribution in [0.4, 0.5) is 0 Å². The summed E-state index contributed by atoms with van der Waals surface area (Å²) in [7, 11) is 0. The highest BCUT2D eigenvalue weighted by Crippen LogP contribution is 2.15. The Bertz CT molecular complexity index is 776. The van der Waals surface area contributed by atoms with Gasteiger partial charge >= 0.3 is 5.97 Å². The van der Waals surface area contributed by atoms with Gasteiger partial charge in [0.1, 0.15) is 17.8 Å². The van der Waals surface area contributed by atoms with Crippen LogP contribution in [-0.2, 0) is 4.79 Å². The van der Waals surface area contributed by atoms with Gasteiger partial charge in [-0.3, -0.25) is 4.79 Å². The highest BCUT2D eigenvalue weighted by Gasteiger charge is 2.01. The lowest BCUT2D eigenvalue weighted by Gasteiger charge is -2.06. The van der Waals surface area contributed by atoms with Gasteiger partial charge in [-0.1, -0.05) is 64.0 Å². The van der Waals surface area contributed by atoms with Gasteiger partial charge in [-0.05, 0) is 54.5 Å². The van der Waals surface area contributed by atoms with E-state index in [9.17, 15) is 9.59 Å². The fourth-order valence-corrected chi connectivity index (χ4v) is 3.03. The lowest BCUT2D eigenvalue weighted by Crippen LogP contribution is -2.03. The van der Waals surface area contributed by atoms with Crippen molar-refractivity contribution in [3.63, 3.8) is 0 Å². The molecule has 0 aliphatic carbocycles. The fraction of sp³-hybridized carbons (Fsp3) is 0.385. The number of rotatable bonds is 14.